The van der Waals surface area contributed by atoms with Crippen molar-refractivity contribution in [3.8, 4) is 0 Å². The summed E-state index contributed by atoms with van der Waals surface area (Å²) >= 11 is 0. The molecule has 1 aliphatic heterocycles. The second-order valence-corrected chi connectivity index (χ2v) is 4.74. The third-order valence-corrected chi connectivity index (χ3v) is 3.60. The number of benzene rings is 2. The number of nitrogens with zero attached hydrogens (tertiary/aromatic N) is 1. The molecule has 3 heteroatoms. The largest absolute Gasteiger partial charge is 0.374 e. The summed E-state index contributed by atoms with van der Waals surface area (Å²) in [5.41, 5.74) is 2.82. The Labute approximate surface area is 112 Å². The highest BCUT2D eigenvalue weighted by atomic mass is 16.3. The fourth-order valence-electron chi connectivity index (χ4n) is 2.66. The van der Waals surface area contributed by atoms with Crippen LogP contribution in [0.5, 0.6) is 0 Å². The van der Waals surface area contributed by atoms with Gasteiger partial charge in [0.25, 0.3) is 0 Å². The van der Waals surface area contributed by atoms with Crippen molar-refractivity contribution in [3.05, 3.63) is 71.3 Å². The summed E-state index contributed by atoms with van der Waals surface area (Å²) in [5.74, 6) is 0. The Morgan fingerprint density at radius 3 is 2.32 bits per heavy atom. The topological polar surface area (TPSA) is 40.5 Å². The first-order valence-corrected chi connectivity index (χ1v) is 6.33. The van der Waals surface area contributed by atoms with Gasteiger partial charge in [0.05, 0.1) is 6.04 Å². The van der Waals surface area contributed by atoms with E-state index in [1.54, 1.807) is 0 Å². The summed E-state index contributed by atoms with van der Waals surface area (Å²) in [7, 11) is 0. The maximum atomic E-state index is 11.4. The van der Waals surface area contributed by atoms with Crippen LogP contribution in [0.15, 0.2) is 54.6 Å². The zero-order valence-corrected chi connectivity index (χ0v) is 10.4. The molecule has 0 fully saturated rings. The van der Waals surface area contributed by atoms with E-state index in [0.717, 1.165) is 23.0 Å². The Kier molecular flexibility index (Phi) is 3.15. The van der Waals surface area contributed by atoms with Crippen LogP contribution in [0, 0.1) is 0 Å². The molecule has 0 bridgehead atoms. The van der Waals surface area contributed by atoms with Crippen LogP contribution < -0.4 is 0 Å². The lowest BCUT2D eigenvalue weighted by Gasteiger charge is -2.24. The molecule has 2 unspecified atom stereocenters. The van der Waals surface area contributed by atoms with Crippen molar-refractivity contribution in [1.82, 2.24) is 4.90 Å². The van der Waals surface area contributed by atoms with Gasteiger partial charge in [-0.1, -0.05) is 54.6 Å². The van der Waals surface area contributed by atoms with Crippen LogP contribution in [0.4, 0.5) is 0 Å². The molecule has 3 rings (SSSR count). The zero-order chi connectivity index (χ0) is 13.2. The number of hydrogen-bond donors (Lipinski definition) is 1. The van der Waals surface area contributed by atoms with Gasteiger partial charge in [0.1, 0.15) is 12.5 Å². The molecule has 2 aromatic carbocycles. The first-order chi connectivity index (χ1) is 9.31. The van der Waals surface area contributed by atoms with Gasteiger partial charge in [-0.05, 0) is 11.1 Å². The molecule has 0 radical (unpaired) electrons. The van der Waals surface area contributed by atoms with Gasteiger partial charge >= 0.3 is 0 Å². The van der Waals surface area contributed by atoms with Crippen LogP contribution in [0.3, 0.4) is 0 Å². The standard InChI is InChI=1S/C16H15NO2/c18-11-15-13-8-4-5-9-14(13)16(19)17(15)10-12-6-2-1-3-7-12/h1-9,11,15-16,19H,10H2. The van der Waals surface area contributed by atoms with Crippen molar-refractivity contribution >= 4 is 6.29 Å². The van der Waals surface area contributed by atoms with Crippen LogP contribution in [0.2, 0.25) is 0 Å². The van der Waals surface area contributed by atoms with E-state index in [1.807, 2.05) is 59.5 Å². The van der Waals surface area contributed by atoms with Gasteiger partial charge in [0.15, 0.2) is 0 Å². The summed E-state index contributed by atoms with van der Waals surface area (Å²) in [6, 6.07) is 17.1. The molecule has 0 aromatic heterocycles. The van der Waals surface area contributed by atoms with Crippen LogP contribution in [-0.2, 0) is 11.3 Å². The summed E-state index contributed by atoms with van der Waals surface area (Å²) in [4.78, 5) is 13.2. The van der Waals surface area contributed by atoms with Crippen molar-refractivity contribution in [2.45, 2.75) is 18.8 Å². The van der Waals surface area contributed by atoms with E-state index in [4.69, 9.17) is 0 Å². The average Bonchev–Trinajstić information content (AvgIpc) is 2.73. The Morgan fingerprint density at radius 2 is 1.63 bits per heavy atom. The van der Waals surface area contributed by atoms with Crippen LogP contribution >= 0.6 is 0 Å². The Morgan fingerprint density at radius 1 is 1.00 bits per heavy atom. The molecule has 19 heavy (non-hydrogen) atoms. The minimum atomic E-state index is -0.716. The molecular formula is C16H15NO2. The quantitative estimate of drug-likeness (QED) is 0.854. The molecule has 3 nitrogen and oxygen atoms in total. The van der Waals surface area contributed by atoms with Crippen molar-refractivity contribution in [2.75, 3.05) is 0 Å². The highest BCUT2D eigenvalue weighted by Gasteiger charge is 2.36. The summed E-state index contributed by atoms with van der Waals surface area (Å²) in [5, 5.41) is 10.4. The number of aliphatic hydroxyl groups is 1. The molecule has 2 atom stereocenters. The van der Waals surface area contributed by atoms with Crippen LogP contribution in [-0.4, -0.2) is 16.3 Å². The van der Waals surface area contributed by atoms with Crippen molar-refractivity contribution in [3.63, 3.8) is 0 Å². The van der Waals surface area contributed by atoms with Crippen molar-refractivity contribution in [1.29, 1.82) is 0 Å². The Bertz CT molecular complexity index is 582. The van der Waals surface area contributed by atoms with Gasteiger partial charge in [0, 0.05) is 12.1 Å². The number of aldehydes is 1. The average molecular weight is 253 g/mol. The molecular weight excluding hydrogens is 238 g/mol. The lowest BCUT2D eigenvalue weighted by molar-refractivity contribution is -0.116. The monoisotopic (exact) mass is 253 g/mol. The van der Waals surface area contributed by atoms with Crippen molar-refractivity contribution < 1.29 is 9.90 Å². The maximum Gasteiger partial charge on any atom is 0.141 e. The molecule has 1 aliphatic rings. The van der Waals surface area contributed by atoms with E-state index in [-0.39, 0.29) is 6.04 Å². The second kappa shape index (κ2) is 4.96. The van der Waals surface area contributed by atoms with E-state index >= 15 is 0 Å². The van der Waals surface area contributed by atoms with E-state index < -0.39 is 6.23 Å². The summed E-state index contributed by atoms with van der Waals surface area (Å²) in [6.07, 6.45) is 0.185. The molecule has 0 spiro atoms. The molecule has 2 aromatic rings. The van der Waals surface area contributed by atoms with E-state index in [2.05, 4.69) is 0 Å². The SMILES string of the molecule is O=CC1c2ccccc2C(O)N1Cc1ccccc1. The number of fused-ring (bicyclic) bond motifs is 1. The molecule has 0 aliphatic carbocycles. The molecule has 0 saturated heterocycles. The lowest BCUT2D eigenvalue weighted by atomic mass is 10.1. The van der Waals surface area contributed by atoms with Crippen molar-refractivity contribution in [2.24, 2.45) is 0 Å². The first kappa shape index (κ1) is 12.1. The van der Waals surface area contributed by atoms with E-state index in [1.165, 1.54) is 0 Å². The normalized spacial score (nSPS) is 22.2. The Balaban J connectivity index is 1.93. The van der Waals surface area contributed by atoms with E-state index in [0.29, 0.717) is 6.54 Å². The number of carbonyl (C=O) groups is 1. The third kappa shape index (κ3) is 2.07. The fraction of sp³-hybridized carbons (Fsp3) is 0.188. The summed E-state index contributed by atoms with van der Waals surface area (Å²) < 4.78 is 0. The van der Waals surface area contributed by atoms with Gasteiger partial charge in [-0.15, -0.1) is 0 Å². The number of rotatable bonds is 3. The molecule has 0 saturated carbocycles. The van der Waals surface area contributed by atoms with Gasteiger partial charge in [-0.3, -0.25) is 4.90 Å². The minimum absolute atomic E-state index is 0.369. The smallest absolute Gasteiger partial charge is 0.141 e. The number of hydrogen-bond acceptors (Lipinski definition) is 3. The highest BCUT2D eigenvalue weighted by molar-refractivity contribution is 5.65. The van der Waals surface area contributed by atoms with Crippen LogP contribution in [0.1, 0.15) is 29.0 Å². The molecule has 96 valence electrons. The predicted octanol–water partition coefficient (Wildman–Crippen LogP) is 2.43. The molecule has 1 N–H and O–H groups in total. The van der Waals surface area contributed by atoms with E-state index in [9.17, 15) is 9.90 Å². The first-order valence-electron chi connectivity index (χ1n) is 6.33. The molecule has 1 heterocycles. The lowest BCUT2D eigenvalue weighted by Crippen LogP contribution is -2.26. The zero-order valence-electron chi connectivity index (χ0n) is 10.4. The second-order valence-electron chi connectivity index (χ2n) is 4.74. The number of carbonyl (C=O) groups excluding carboxylic acids is 1. The van der Waals surface area contributed by atoms with Gasteiger partial charge in [0.2, 0.25) is 0 Å². The van der Waals surface area contributed by atoms with Crippen LogP contribution in [0.25, 0.3) is 0 Å². The number of aliphatic hydroxyl groups excluding tert-OH is 1. The van der Waals surface area contributed by atoms with Gasteiger partial charge in [-0.25, -0.2) is 0 Å². The molecule has 0 amide bonds. The highest BCUT2D eigenvalue weighted by Crippen LogP contribution is 2.40. The third-order valence-electron chi connectivity index (χ3n) is 3.60. The van der Waals surface area contributed by atoms with Gasteiger partial charge < -0.3 is 9.90 Å². The maximum absolute atomic E-state index is 11.4. The van der Waals surface area contributed by atoms with Gasteiger partial charge in [-0.2, -0.15) is 0 Å². The summed E-state index contributed by atoms with van der Waals surface area (Å²) in [6.45, 7) is 0.556. The Hall–Kier alpha value is -1.97. The predicted molar refractivity (Wildman–Crippen MR) is 72.2 cm³/mol. The minimum Gasteiger partial charge on any atom is -0.374 e. The fourth-order valence-corrected chi connectivity index (χ4v) is 2.66.